The van der Waals surface area contributed by atoms with E-state index in [4.69, 9.17) is 5.11 Å². The van der Waals surface area contributed by atoms with Crippen molar-refractivity contribution in [1.29, 1.82) is 0 Å². The van der Waals surface area contributed by atoms with Crippen LogP contribution in [-0.2, 0) is 4.79 Å². The average molecular weight is 156 g/mol. The second-order valence-electron chi connectivity index (χ2n) is 2.82. The first-order valence-corrected chi connectivity index (χ1v) is 3.50. The smallest absolute Gasteiger partial charge is 0.408 e. The number of likely N-dealkylation sites (tertiary alicyclic amines) is 1. The highest BCUT2D eigenvalue weighted by atomic mass is 16.4. The van der Waals surface area contributed by atoms with Crippen molar-refractivity contribution in [2.45, 2.75) is 18.5 Å². The Morgan fingerprint density at radius 1 is 1.73 bits per heavy atom. The van der Waals surface area contributed by atoms with Crippen molar-refractivity contribution in [3.05, 3.63) is 0 Å². The predicted octanol–water partition coefficient (Wildman–Crippen LogP) is -0.763. The van der Waals surface area contributed by atoms with E-state index in [-0.39, 0.29) is 11.9 Å². The number of nitrogens with zero attached hydrogens (tertiary/aromatic N) is 1. The number of hydrogen-bond acceptors (Lipinski definition) is 2. The van der Waals surface area contributed by atoms with E-state index in [1.807, 2.05) is 0 Å². The van der Waals surface area contributed by atoms with Crippen molar-refractivity contribution in [1.82, 2.24) is 10.2 Å². The summed E-state index contributed by atoms with van der Waals surface area (Å²) in [6, 6.07) is -0.314. The maximum absolute atomic E-state index is 10.8. The molecule has 0 spiro atoms. The molecule has 2 rings (SSSR count). The third kappa shape index (κ3) is 0.704. The molecule has 5 heteroatoms. The Balaban J connectivity index is 2.14. The first-order chi connectivity index (χ1) is 5.20. The standard InChI is InChI=1S/C6H8N2O3/c9-5-4-3(7-5)1-2-8(4)6(10)11/h3-4H,1-2H2,(H,7,9)(H,10,11)/t3-,4+/m1/s1. The maximum atomic E-state index is 10.8. The van der Waals surface area contributed by atoms with Gasteiger partial charge in [0.15, 0.2) is 0 Å². The lowest BCUT2D eigenvalue weighted by Gasteiger charge is -2.33. The van der Waals surface area contributed by atoms with Crippen molar-refractivity contribution < 1.29 is 14.7 Å². The third-order valence-corrected chi connectivity index (χ3v) is 2.24. The molecule has 11 heavy (non-hydrogen) atoms. The molecule has 5 nitrogen and oxygen atoms in total. The number of β-lactam (4-membered cyclic amide) rings is 1. The van der Waals surface area contributed by atoms with Gasteiger partial charge < -0.3 is 10.4 Å². The molecule has 0 aromatic heterocycles. The Labute approximate surface area is 63.0 Å². The normalized spacial score (nSPS) is 34.2. The zero-order chi connectivity index (χ0) is 8.01. The number of amides is 2. The number of carboxylic acid groups (broad SMARTS) is 1. The molecule has 0 saturated carbocycles. The Hall–Kier alpha value is -1.26. The molecular weight excluding hydrogens is 148 g/mol. The van der Waals surface area contributed by atoms with E-state index < -0.39 is 12.1 Å². The van der Waals surface area contributed by atoms with E-state index in [0.29, 0.717) is 6.54 Å². The SMILES string of the molecule is O=C1N[C@@H]2CCN(C(=O)O)[C@H]12. The molecule has 60 valence electrons. The Kier molecular flexibility index (Phi) is 1.10. The minimum atomic E-state index is -0.993. The molecule has 0 aliphatic carbocycles. The lowest BCUT2D eigenvalue weighted by molar-refractivity contribution is -0.133. The van der Waals surface area contributed by atoms with E-state index in [2.05, 4.69) is 5.32 Å². The first-order valence-electron chi connectivity index (χ1n) is 3.50. The van der Waals surface area contributed by atoms with Gasteiger partial charge in [0.1, 0.15) is 6.04 Å². The van der Waals surface area contributed by atoms with Crippen LogP contribution in [0.25, 0.3) is 0 Å². The topological polar surface area (TPSA) is 69.6 Å². The van der Waals surface area contributed by atoms with Gasteiger partial charge in [0, 0.05) is 6.54 Å². The summed E-state index contributed by atoms with van der Waals surface area (Å²) in [6.07, 6.45) is -0.241. The predicted molar refractivity (Wildman–Crippen MR) is 35.1 cm³/mol. The van der Waals surface area contributed by atoms with Gasteiger partial charge >= 0.3 is 6.09 Å². The number of carbonyl (C=O) groups is 2. The molecule has 0 radical (unpaired) electrons. The lowest BCUT2D eigenvalue weighted by Crippen LogP contribution is -2.64. The van der Waals surface area contributed by atoms with Gasteiger partial charge in [-0.25, -0.2) is 4.79 Å². The van der Waals surface area contributed by atoms with Crippen molar-refractivity contribution in [2.75, 3.05) is 6.54 Å². The van der Waals surface area contributed by atoms with Crippen LogP contribution in [0.3, 0.4) is 0 Å². The van der Waals surface area contributed by atoms with Crippen LogP contribution in [0.4, 0.5) is 4.79 Å². The Bertz CT molecular complexity index is 220. The highest BCUT2D eigenvalue weighted by Gasteiger charge is 2.49. The second kappa shape index (κ2) is 1.87. The van der Waals surface area contributed by atoms with Gasteiger partial charge in [0.2, 0.25) is 5.91 Å². The van der Waals surface area contributed by atoms with E-state index >= 15 is 0 Å². The van der Waals surface area contributed by atoms with Crippen molar-refractivity contribution in [3.63, 3.8) is 0 Å². The highest BCUT2D eigenvalue weighted by Crippen LogP contribution is 2.24. The van der Waals surface area contributed by atoms with Crippen LogP contribution in [0.1, 0.15) is 6.42 Å². The summed E-state index contributed by atoms with van der Waals surface area (Å²) in [5.74, 6) is -0.157. The zero-order valence-electron chi connectivity index (χ0n) is 5.78. The molecule has 0 aromatic rings. The van der Waals surface area contributed by atoms with Crippen LogP contribution in [0.2, 0.25) is 0 Å². The average Bonchev–Trinajstić information content (AvgIpc) is 2.25. The molecule has 0 bridgehead atoms. The van der Waals surface area contributed by atoms with Gasteiger partial charge in [-0.3, -0.25) is 9.69 Å². The van der Waals surface area contributed by atoms with Gasteiger partial charge in [-0.15, -0.1) is 0 Å². The van der Waals surface area contributed by atoms with Gasteiger partial charge in [0.05, 0.1) is 6.04 Å². The van der Waals surface area contributed by atoms with Crippen LogP contribution in [0.5, 0.6) is 0 Å². The zero-order valence-corrected chi connectivity index (χ0v) is 5.78. The lowest BCUT2D eigenvalue weighted by atomic mass is 10.0. The molecule has 2 aliphatic heterocycles. The highest BCUT2D eigenvalue weighted by molar-refractivity contribution is 5.92. The van der Waals surface area contributed by atoms with Gasteiger partial charge in [-0.05, 0) is 6.42 Å². The molecule has 2 N–H and O–H groups in total. The fraction of sp³-hybridized carbons (Fsp3) is 0.667. The number of rotatable bonds is 0. The molecule has 2 atom stereocenters. The molecular formula is C6H8N2O3. The summed E-state index contributed by atoms with van der Waals surface area (Å²) < 4.78 is 0. The molecule has 0 aromatic carbocycles. The molecule has 2 heterocycles. The van der Waals surface area contributed by atoms with Crippen LogP contribution >= 0.6 is 0 Å². The van der Waals surface area contributed by atoms with Crippen molar-refractivity contribution >= 4 is 12.0 Å². The fourth-order valence-corrected chi connectivity index (χ4v) is 1.65. The van der Waals surface area contributed by atoms with Crippen LogP contribution in [0, 0.1) is 0 Å². The molecule has 2 aliphatic rings. The van der Waals surface area contributed by atoms with E-state index in [0.717, 1.165) is 6.42 Å². The van der Waals surface area contributed by atoms with Crippen LogP contribution in [0.15, 0.2) is 0 Å². The Morgan fingerprint density at radius 2 is 2.45 bits per heavy atom. The summed E-state index contributed by atoms with van der Waals surface area (Å²) in [5.41, 5.74) is 0. The van der Waals surface area contributed by atoms with E-state index in [1.54, 1.807) is 0 Å². The van der Waals surface area contributed by atoms with E-state index in [9.17, 15) is 9.59 Å². The first kappa shape index (κ1) is 6.45. The van der Waals surface area contributed by atoms with Gasteiger partial charge in [0.25, 0.3) is 0 Å². The summed E-state index contributed by atoms with van der Waals surface area (Å²) in [7, 11) is 0. The molecule has 2 fully saturated rings. The fourth-order valence-electron chi connectivity index (χ4n) is 1.65. The minimum absolute atomic E-state index is 0.0820. The quantitative estimate of drug-likeness (QED) is 0.453. The monoisotopic (exact) mass is 156 g/mol. The molecule has 0 unspecified atom stereocenters. The third-order valence-electron chi connectivity index (χ3n) is 2.24. The van der Waals surface area contributed by atoms with Gasteiger partial charge in [-0.2, -0.15) is 0 Å². The summed E-state index contributed by atoms with van der Waals surface area (Å²) >= 11 is 0. The maximum Gasteiger partial charge on any atom is 0.408 e. The van der Waals surface area contributed by atoms with Crippen LogP contribution in [-0.4, -0.2) is 40.6 Å². The summed E-state index contributed by atoms with van der Waals surface area (Å²) in [5, 5.41) is 11.2. The number of carbonyl (C=O) groups excluding carboxylic acids is 1. The number of nitrogens with one attached hydrogen (secondary N) is 1. The number of fused-ring (bicyclic) bond motifs is 1. The second-order valence-corrected chi connectivity index (χ2v) is 2.82. The van der Waals surface area contributed by atoms with Crippen LogP contribution < -0.4 is 5.32 Å². The minimum Gasteiger partial charge on any atom is -0.465 e. The largest absolute Gasteiger partial charge is 0.465 e. The molecule has 2 amide bonds. The molecule has 2 saturated heterocycles. The summed E-state index contributed by atoms with van der Waals surface area (Å²) in [6.45, 7) is 0.476. The number of hydrogen-bond donors (Lipinski definition) is 2. The van der Waals surface area contributed by atoms with Gasteiger partial charge in [-0.1, -0.05) is 0 Å². The van der Waals surface area contributed by atoms with E-state index in [1.165, 1.54) is 4.90 Å². The Morgan fingerprint density at radius 3 is 2.91 bits per heavy atom. The summed E-state index contributed by atoms with van der Waals surface area (Å²) in [4.78, 5) is 22.5. The van der Waals surface area contributed by atoms with Crippen molar-refractivity contribution in [3.8, 4) is 0 Å². The van der Waals surface area contributed by atoms with Crippen molar-refractivity contribution in [2.24, 2.45) is 0 Å².